The van der Waals surface area contributed by atoms with Gasteiger partial charge in [-0.3, -0.25) is 9.69 Å². The highest BCUT2D eigenvalue weighted by atomic mass is 32.1. The third-order valence-electron chi connectivity index (χ3n) is 4.60. The molecule has 2 heterocycles. The summed E-state index contributed by atoms with van der Waals surface area (Å²) in [6.45, 7) is 5.87. The number of rotatable bonds is 4. The predicted octanol–water partition coefficient (Wildman–Crippen LogP) is 4.99. The van der Waals surface area contributed by atoms with E-state index in [1.165, 1.54) is 22.3 Å². The second kappa shape index (κ2) is 8.57. The summed E-state index contributed by atoms with van der Waals surface area (Å²) in [4.78, 5) is 31.3. The van der Waals surface area contributed by atoms with Gasteiger partial charge >= 0.3 is 6.09 Å². The van der Waals surface area contributed by atoms with Gasteiger partial charge in [0.25, 0.3) is 0 Å². The van der Waals surface area contributed by atoms with Gasteiger partial charge in [0.15, 0.2) is 17.4 Å². The molecule has 1 saturated heterocycles. The number of ether oxygens (including phenoxy) is 1. The molecule has 2 aromatic rings. The fraction of sp³-hybridized carbons (Fsp3) is 0.476. The van der Waals surface area contributed by atoms with E-state index < -0.39 is 29.4 Å². The lowest BCUT2D eigenvalue weighted by molar-refractivity contribution is -0.124. The molecule has 8 heteroatoms. The average molecular weight is 422 g/mol. The normalized spacial score (nSPS) is 17.3. The summed E-state index contributed by atoms with van der Waals surface area (Å²) in [6.07, 6.45) is 1.91. The Morgan fingerprint density at radius 2 is 2.00 bits per heavy atom. The Morgan fingerprint density at radius 3 is 2.69 bits per heavy atom. The molecule has 0 aliphatic carbocycles. The highest BCUT2D eigenvalue weighted by Crippen LogP contribution is 2.26. The van der Waals surface area contributed by atoms with Crippen LogP contribution in [0.4, 0.5) is 13.6 Å². The number of nitrogens with zero attached hydrogens (tertiary/aromatic N) is 2. The average Bonchev–Trinajstić information content (AvgIpc) is 3.11. The number of thiazole rings is 1. The van der Waals surface area contributed by atoms with Crippen LogP contribution in [-0.2, 0) is 16.0 Å². The van der Waals surface area contributed by atoms with Gasteiger partial charge in [-0.05, 0) is 58.2 Å². The van der Waals surface area contributed by atoms with Crippen LogP contribution >= 0.6 is 11.3 Å². The largest absolute Gasteiger partial charge is 0.444 e. The zero-order valence-electron chi connectivity index (χ0n) is 16.7. The summed E-state index contributed by atoms with van der Waals surface area (Å²) in [5.74, 6) is -1.95. The minimum absolute atomic E-state index is 0.0817. The Hall–Kier alpha value is -2.35. The number of hydrogen-bond donors (Lipinski definition) is 0. The zero-order chi connectivity index (χ0) is 21.2. The number of amides is 1. The van der Waals surface area contributed by atoms with E-state index in [4.69, 9.17) is 4.74 Å². The second-order valence-corrected chi connectivity index (χ2v) is 9.03. The molecule has 5 nitrogen and oxygen atoms in total. The number of carbonyl (C=O) groups is 2. The SMILES string of the molecule is CC(C)(C)OC(=O)N1CCCC[C@H]1C(=O)Cc1nc(-c2ccc(F)c(F)c2)cs1. The van der Waals surface area contributed by atoms with Gasteiger partial charge in [-0.1, -0.05) is 0 Å². The first-order valence-electron chi connectivity index (χ1n) is 9.56. The van der Waals surface area contributed by atoms with E-state index in [9.17, 15) is 18.4 Å². The maximum absolute atomic E-state index is 13.5. The lowest BCUT2D eigenvalue weighted by atomic mass is 9.97. The molecule has 156 valence electrons. The van der Waals surface area contributed by atoms with Gasteiger partial charge in [0.1, 0.15) is 10.6 Å². The van der Waals surface area contributed by atoms with Crippen LogP contribution in [0.2, 0.25) is 0 Å². The van der Waals surface area contributed by atoms with Crippen molar-refractivity contribution in [2.75, 3.05) is 6.54 Å². The quantitative estimate of drug-likeness (QED) is 0.697. The number of likely N-dealkylation sites (tertiary alicyclic amines) is 1. The first-order chi connectivity index (χ1) is 13.6. The van der Waals surface area contributed by atoms with Crippen molar-refractivity contribution in [3.63, 3.8) is 0 Å². The third kappa shape index (κ3) is 5.38. The van der Waals surface area contributed by atoms with Crippen molar-refractivity contribution in [2.24, 2.45) is 0 Å². The Morgan fingerprint density at radius 1 is 1.24 bits per heavy atom. The Labute approximate surface area is 172 Å². The zero-order valence-corrected chi connectivity index (χ0v) is 17.5. The van der Waals surface area contributed by atoms with Crippen LogP contribution in [0.25, 0.3) is 11.3 Å². The van der Waals surface area contributed by atoms with Gasteiger partial charge in [0.05, 0.1) is 18.2 Å². The molecule has 1 atom stereocenters. The van der Waals surface area contributed by atoms with E-state index in [1.54, 1.807) is 26.2 Å². The smallest absolute Gasteiger partial charge is 0.410 e. The molecule has 0 spiro atoms. The van der Waals surface area contributed by atoms with Crippen LogP contribution in [0.3, 0.4) is 0 Å². The number of aromatic nitrogens is 1. The Balaban J connectivity index is 1.71. The molecule has 0 unspecified atom stereocenters. The number of benzene rings is 1. The maximum atomic E-state index is 13.5. The molecule has 1 aromatic carbocycles. The molecule has 1 amide bonds. The Kier molecular flexibility index (Phi) is 6.31. The number of piperidine rings is 1. The molecule has 0 N–H and O–H groups in total. The molecule has 1 fully saturated rings. The third-order valence-corrected chi connectivity index (χ3v) is 5.44. The van der Waals surface area contributed by atoms with Crippen LogP contribution in [0.5, 0.6) is 0 Å². The number of ketones is 1. The van der Waals surface area contributed by atoms with Gasteiger partial charge in [-0.2, -0.15) is 0 Å². The molecular formula is C21H24F2N2O3S. The molecule has 1 aliphatic heterocycles. The van der Waals surface area contributed by atoms with Crippen molar-refractivity contribution in [3.8, 4) is 11.3 Å². The lowest BCUT2D eigenvalue weighted by Gasteiger charge is -2.35. The number of carbonyl (C=O) groups excluding carboxylic acids is 2. The van der Waals surface area contributed by atoms with Crippen molar-refractivity contribution < 1.29 is 23.1 Å². The van der Waals surface area contributed by atoms with E-state index in [0.29, 0.717) is 29.2 Å². The van der Waals surface area contributed by atoms with Gasteiger partial charge in [0.2, 0.25) is 0 Å². The van der Waals surface area contributed by atoms with Crippen LogP contribution < -0.4 is 0 Å². The van der Waals surface area contributed by atoms with E-state index >= 15 is 0 Å². The molecule has 29 heavy (non-hydrogen) atoms. The molecular weight excluding hydrogens is 398 g/mol. The molecule has 0 saturated carbocycles. The summed E-state index contributed by atoms with van der Waals surface area (Å²) < 4.78 is 32.0. The van der Waals surface area contributed by atoms with E-state index in [-0.39, 0.29) is 12.2 Å². The highest BCUT2D eigenvalue weighted by molar-refractivity contribution is 7.10. The second-order valence-electron chi connectivity index (χ2n) is 8.08. The minimum Gasteiger partial charge on any atom is -0.444 e. The molecule has 1 aromatic heterocycles. The van der Waals surface area contributed by atoms with Crippen LogP contribution in [0.15, 0.2) is 23.6 Å². The van der Waals surface area contributed by atoms with Crippen molar-refractivity contribution in [1.29, 1.82) is 0 Å². The maximum Gasteiger partial charge on any atom is 0.410 e. The fourth-order valence-corrected chi connectivity index (χ4v) is 4.07. The number of hydrogen-bond acceptors (Lipinski definition) is 5. The monoisotopic (exact) mass is 422 g/mol. The number of Topliss-reactive ketones (excluding diaryl/α,β-unsaturated/α-hetero) is 1. The summed E-state index contributed by atoms with van der Waals surface area (Å²) in [5.41, 5.74) is 0.313. The summed E-state index contributed by atoms with van der Waals surface area (Å²) in [5, 5.41) is 2.28. The van der Waals surface area contributed by atoms with Gasteiger partial charge in [-0.15, -0.1) is 11.3 Å². The van der Waals surface area contributed by atoms with Gasteiger partial charge < -0.3 is 4.74 Å². The molecule has 1 aliphatic rings. The first kappa shape index (κ1) is 21.4. The highest BCUT2D eigenvalue weighted by Gasteiger charge is 2.34. The standard InChI is InChI=1S/C21H24F2N2O3S/c1-21(2,3)28-20(27)25-9-5-4-6-17(25)18(26)11-19-24-16(12-29-19)13-7-8-14(22)15(23)10-13/h7-8,10,12,17H,4-6,9,11H2,1-3H3/t17-/m0/s1. The summed E-state index contributed by atoms with van der Waals surface area (Å²) in [6, 6.07) is 3.05. The van der Waals surface area contributed by atoms with E-state index in [2.05, 4.69) is 4.98 Å². The summed E-state index contributed by atoms with van der Waals surface area (Å²) in [7, 11) is 0. The predicted molar refractivity (Wildman–Crippen MR) is 107 cm³/mol. The molecule has 0 bridgehead atoms. The van der Waals surface area contributed by atoms with Crippen LogP contribution in [-0.4, -0.2) is 39.9 Å². The van der Waals surface area contributed by atoms with Gasteiger partial charge in [-0.25, -0.2) is 18.6 Å². The molecule has 3 rings (SSSR count). The van der Waals surface area contributed by atoms with Crippen molar-refractivity contribution in [1.82, 2.24) is 9.88 Å². The minimum atomic E-state index is -0.941. The van der Waals surface area contributed by atoms with Crippen molar-refractivity contribution >= 4 is 23.2 Å². The van der Waals surface area contributed by atoms with Crippen molar-refractivity contribution in [3.05, 3.63) is 40.2 Å². The Bertz CT molecular complexity index is 908. The first-order valence-corrected chi connectivity index (χ1v) is 10.4. The number of halogens is 2. The molecule has 0 radical (unpaired) electrons. The van der Waals surface area contributed by atoms with E-state index in [0.717, 1.165) is 25.0 Å². The van der Waals surface area contributed by atoms with Crippen molar-refractivity contribution in [2.45, 2.75) is 58.1 Å². The topological polar surface area (TPSA) is 59.5 Å². The van der Waals surface area contributed by atoms with E-state index in [1.807, 2.05) is 0 Å². The fourth-order valence-electron chi connectivity index (χ4n) is 3.25. The summed E-state index contributed by atoms with van der Waals surface area (Å²) >= 11 is 1.28. The lowest BCUT2D eigenvalue weighted by Crippen LogP contribution is -2.50. The van der Waals surface area contributed by atoms with Crippen LogP contribution in [0, 0.1) is 11.6 Å². The van der Waals surface area contributed by atoms with Crippen LogP contribution in [0.1, 0.15) is 45.0 Å². The van der Waals surface area contributed by atoms with Gasteiger partial charge in [0, 0.05) is 17.5 Å².